The second-order valence-corrected chi connectivity index (χ2v) is 3.27. The number of unbranched alkanes of at least 4 members (excludes halogenated alkanes) is 1. The molecule has 0 fully saturated rings. The summed E-state index contributed by atoms with van der Waals surface area (Å²) in [6.07, 6.45) is 2.64. The van der Waals surface area contributed by atoms with Crippen LogP contribution in [0, 0.1) is 0 Å². The Morgan fingerprint density at radius 1 is 1.17 bits per heavy atom. The van der Waals surface area contributed by atoms with Gasteiger partial charge in [0.1, 0.15) is 0 Å². The molecular weight excluding hydrogens is 150 g/mol. The van der Waals surface area contributed by atoms with E-state index in [2.05, 4.69) is 25.7 Å². The number of methoxy groups -OCH3 is 1. The Bertz CT molecular complexity index is 72.2. The first-order valence-electron chi connectivity index (χ1n) is 4.75. The van der Waals surface area contributed by atoms with Crippen LogP contribution in [0.2, 0.25) is 0 Å². The predicted molar refractivity (Wildman–Crippen MR) is 55.6 cm³/mol. The second kappa shape index (κ2) is 10.9. The van der Waals surface area contributed by atoms with E-state index in [1.165, 1.54) is 12.8 Å². The van der Waals surface area contributed by atoms with Gasteiger partial charge in [-0.25, -0.2) is 0 Å². The highest BCUT2D eigenvalue weighted by Crippen LogP contribution is 1.89. The first kappa shape index (κ1) is 14.4. The maximum Gasteiger partial charge on any atom is 0.0615 e. The molecule has 12 heavy (non-hydrogen) atoms. The van der Waals surface area contributed by atoms with Crippen LogP contribution in [0.4, 0.5) is 0 Å². The summed E-state index contributed by atoms with van der Waals surface area (Å²) in [5.74, 6) is 0. The summed E-state index contributed by atoms with van der Waals surface area (Å²) in [7, 11) is 5.81. The normalized spacial score (nSPS) is 12.2. The Balaban J connectivity index is 0. The van der Waals surface area contributed by atoms with Gasteiger partial charge in [0.25, 0.3) is 0 Å². The van der Waals surface area contributed by atoms with Gasteiger partial charge in [0, 0.05) is 13.2 Å². The number of hydrogen-bond donors (Lipinski definition) is 0. The SMILES string of the molecule is CCCC.COC[C@@H](C)N(C)C. The molecule has 0 saturated carbocycles. The van der Waals surface area contributed by atoms with Crippen molar-refractivity contribution in [2.45, 2.75) is 39.7 Å². The fourth-order valence-electron chi connectivity index (χ4n) is 0.390. The molecule has 0 saturated heterocycles. The number of ether oxygens (including phenoxy) is 1. The first-order chi connectivity index (χ1) is 5.59. The standard InChI is InChI=1S/C6H15NO.C4H10/c1-6(5-8-4)7(2)3;1-3-4-2/h6H,5H2,1-4H3;3-4H2,1-2H3/t6-;/m1./s1. The second-order valence-electron chi connectivity index (χ2n) is 3.27. The molecule has 0 aromatic carbocycles. The van der Waals surface area contributed by atoms with Crippen LogP contribution in [-0.2, 0) is 4.74 Å². The van der Waals surface area contributed by atoms with Crippen molar-refractivity contribution in [1.82, 2.24) is 4.90 Å². The van der Waals surface area contributed by atoms with Gasteiger partial charge in [0.05, 0.1) is 6.61 Å². The number of hydrogen-bond acceptors (Lipinski definition) is 2. The highest BCUT2D eigenvalue weighted by Gasteiger charge is 2.00. The molecule has 0 amide bonds. The summed E-state index contributed by atoms with van der Waals surface area (Å²) >= 11 is 0. The van der Waals surface area contributed by atoms with Crippen LogP contribution in [0.15, 0.2) is 0 Å². The van der Waals surface area contributed by atoms with Crippen molar-refractivity contribution in [2.75, 3.05) is 27.8 Å². The van der Waals surface area contributed by atoms with E-state index in [4.69, 9.17) is 4.74 Å². The van der Waals surface area contributed by atoms with E-state index in [1.807, 2.05) is 14.1 Å². The van der Waals surface area contributed by atoms with Gasteiger partial charge in [0.15, 0.2) is 0 Å². The molecule has 2 nitrogen and oxygen atoms in total. The van der Waals surface area contributed by atoms with Gasteiger partial charge in [-0.1, -0.05) is 26.7 Å². The quantitative estimate of drug-likeness (QED) is 0.650. The third-order valence-corrected chi connectivity index (χ3v) is 1.79. The van der Waals surface area contributed by atoms with Crippen molar-refractivity contribution < 1.29 is 4.74 Å². The average Bonchev–Trinajstić information content (AvgIpc) is 2.05. The fourth-order valence-corrected chi connectivity index (χ4v) is 0.390. The van der Waals surface area contributed by atoms with Gasteiger partial charge in [-0.05, 0) is 21.0 Å². The zero-order chi connectivity index (χ0) is 9.98. The molecule has 0 aromatic heterocycles. The van der Waals surface area contributed by atoms with Gasteiger partial charge >= 0.3 is 0 Å². The molecule has 0 aliphatic heterocycles. The van der Waals surface area contributed by atoms with Gasteiger partial charge in [0.2, 0.25) is 0 Å². The summed E-state index contributed by atoms with van der Waals surface area (Å²) in [5.41, 5.74) is 0. The van der Waals surface area contributed by atoms with E-state index in [0.29, 0.717) is 6.04 Å². The Hall–Kier alpha value is -0.0800. The predicted octanol–water partition coefficient (Wildman–Crippen LogP) is 2.39. The van der Waals surface area contributed by atoms with Crippen LogP contribution in [0.1, 0.15) is 33.6 Å². The molecule has 0 aliphatic rings. The van der Waals surface area contributed by atoms with Crippen molar-refractivity contribution in [3.63, 3.8) is 0 Å². The van der Waals surface area contributed by atoms with E-state index in [0.717, 1.165) is 6.61 Å². The van der Waals surface area contributed by atoms with E-state index in [9.17, 15) is 0 Å². The summed E-state index contributed by atoms with van der Waals surface area (Å²) < 4.78 is 4.92. The molecule has 76 valence electrons. The zero-order valence-corrected chi connectivity index (χ0v) is 9.55. The third-order valence-electron chi connectivity index (χ3n) is 1.79. The highest BCUT2D eigenvalue weighted by molar-refractivity contribution is 4.55. The summed E-state index contributed by atoms with van der Waals surface area (Å²) in [6, 6.07) is 0.528. The number of rotatable bonds is 4. The molecule has 0 rings (SSSR count). The molecule has 1 atom stereocenters. The molecule has 0 bridgehead atoms. The van der Waals surface area contributed by atoms with Crippen molar-refractivity contribution >= 4 is 0 Å². The van der Waals surface area contributed by atoms with Crippen molar-refractivity contribution in [3.8, 4) is 0 Å². The maximum absolute atomic E-state index is 4.92. The number of nitrogens with zero attached hydrogens (tertiary/aromatic N) is 1. The lowest BCUT2D eigenvalue weighted by atomic mass is 10.3. The molecule has 0 unspecified atom stereocenters. The Kier molecular flexibility index (Phi) is 13.1. The topological polar surface area (TPSA) is 12.5 Å². The zero-order valence-electron chi connectivity index (χ0n) is 9.55. The van der Waals surface area contributed by atoms with E-state index in [1.54, 1.807) is 7.11 Å². The lowest BCUT2D eigenvalue weighted by molar-refractivity contribution is 0.129. The first-order valence-corrected chi connectivity index (χ1v) is 4.75. The van der Waals surface area contributed by atoms with Crippen LogP contribution in [0.3, 0.4) is 0 Å². The Morgan fingerprint density at radius 2 is 1.58 bits per heavy atom. The van der Waals surface area contributed by atoms with Crippen LogP contribution >= 0.6 is 0 Å². The lowest BCUT2D eigenvalue weighted by Gasteiger charge is -2.17. The molecule has 0 heterocycles. The highest BCUT2D eigenvalue weighted by atomic mass is 16.5. The minimum absolute atomic E-state index is 0.528. The Labute approximate surface area is 77.9 Å². The molecule has 0 aromatic rings. The summed E-state index contributed by atoms with van der Waals surface area (Å²) in [5, 5.41) is 0. The average molecular weight is 175 g/mol. The van der Waals surface area contributed by atoms with E-state index >= 15 is 0 Å². The van der Waals surface area contributed by atoms with Gasteiger partial charge in [-0.2, -0.15) is 0 Å². The van der Waals surface area contributed by atoms with Crippen LogP contribution in [0.25, 0.3) is 0 Å². The third kappa shape index (κ3) is 12.6. The minimum Gasteiger partial charge on any atom is -0.383 e. The Morgan fingerprint density at radius 3 is 1.67 bits per heavy atom. The number of likely N-dealkylation sites (N-methyl/N-ethyl adjacent to an activating group) is 1. The largest absolute Gasteiger partial charge is 0.383 e. The van der Waals surface area contributed by atoms with E-state index < -0.39 is 0 Å². The van der Waals surface area contributed by atoms with Crippen molar-refractivity contribution in [1.29, 1.82) is 0 Å². The van der Waals surface area contributed by atoms with Crippen molar-refractivity contribution in [3.05, 3.63) is 0 Å². The van der Waals surface area contributed by atoms with Crippen molar-refractivity contribution in [2.24, 2.45) is 0 Å². The maximum atomic E-state index is 4.92. The van der Waals surface area contributed by atoms with Gasteiger partial charge in [-0.15, -0.1) is 0 Å². The van der Waals surface area contributed by atoms with Gasteiger partial charge in [-0.3, -0.25) is 0 Å². The molecular formula is C10H25NO. The summed E-state index contributed by atoms with van der Waals surface area (Å²) in [6.45, 7) is 7.30. The van der Waals surface area contributed by atoms with Crippen LogP contribution in [-0.4, -0.2) is 38.8 Å². The molecule has 0 aliphatic carbocycles. The molecule has 0 N–H and O–H groups in total. The lowest BCUT2D eigenvalue weighted by Crippen LogP contribution is -2.28. The minimum atomic E-state index is 0.528. The molecule has 0 spiro atoms. The van der Waals surface area contributed by atoms with E-state index in [-0.39, 0.29) is 0 Å². The van der Waals surface area contributed by atoms with Crippen LogP contribution in [0.5, 0.6) is 0 Å². The van der Waals surface area contributed by atoms with Gasteiger partial charge < -0.3 is 9.64 Å². The monoisotopic (exact) mass is 175 g/mol. The molecule has 0 radical (unpaired) electrons. The fraction of sp³-hybridized carbons (Fsp3) is 1.00. The smallest absolute Gasteiger partial charge is 0.0615 e. The summed E-state index contributed by atoms with van der Waals surface area (Å²) in [4.78, 5) is 2.13. The molecule has 2 heteroatoms. The van der Waals surface area contributed by atoms with Crippen LogP contribution < -0.4 is 0 Å².